The van der Waals surface area contributed by atoms with Crippen molar-refractivity contribution in [3.8, 4) is 0 Å². The molecule has 0 amide bonds. The fraction of sp³-hybridized carbons (Fsp3) is 0.250. The first-order chi connectivity index (χ1) is 18.0. The van der Waals surface area contributed by atoms with E-state index in [1.807, 2.05) is 0 Å². The number of hydrogen-bond acceptors (Lipinski definition) is 9. The molecule has 9 nitrogen and oxygen atoms in total. The molecule has 0 aromatic heterocycles. The lowest BCUT2D eigenvalue weighted by molar-refractivity contribution is -0.285. The first kappa shape index (κ1) is 26.0. The minimum atomic E-state index is -1.70. The highest BCUT2D eigenvalue weighted by Gasteiger charge is 2.52. The number of carbonyl (C=O) groups excluding carboxylic acids is 3. The molecule has 1 N–H and O–H groups in total. The molecule has 1 saturated heterocycles. The van der Waals surface area contributed by atoms with Gasteiger partial charge in [0.15, 0.2) is 24.6 Å². The van der Waals surface area contributed by atoms with Crippen molar-refractivity contribution in [2.24, 2.45) is 0 Å². The van der Waals surface area contributed by atoms with E-state index in [9.17, 15) is 19.5 Å². The Labute approximate surface area is 213 Å². The summed E-state index contributed by atoms with van der Waals surface area (Å²) in [5.74, 6) is -2.27. The number of aliphatic hydroxyl groups excluding tert-OH is 1. The van der Waals surface area contributed by atoms with Crippen LogP contribution >= 0.6 is 0 Å². The highest BCUT2D eigenvalue weighted by atomic mass is 16.7. The Morgan fingerprint density at radius 3 is 1.43 bits per heavy atom. The monoisotopic (exact) mass is 506 g/mol. The molecule has 1 aliphatic rings. The molecule has 3 aromatic rings. The molecule has 0 spiro atoms. The van der Waals surface area contributed by atoms with Crippen LogP contribution in [0.2, 0.25) is 0 Å². The summed E-state index contributed by atoms with van der Waals surface area (Å²) in [7, 11) is 1.40. The molecule has 5 atom stereocenters. The normalized spacial score (nSPS) is 23.0. The molecule has 5 unspecified atom stereocenters. The number of rotatable bonds is 8. The van der Waals surface area contributed by atoms with Crippen LogP contribution in [-0.4, -0.2) is 67.4 Å². The van der Waals surface area contributed by atoms with Crippen LogP contribution in [-0.2, 0) is 23.7 Å². The van der Waals surface area contributed by atoms with Crippen molar-refractivity contribution in [1.82, 2.24) is 0 Å². The van der Waals surface area contributed by atoms with Gasteiger partial charge in [-0.05, 0) is 36.4 Å². The number of benzene rings is 3. The van der Waals surface area contributed by atoms with Gasteiger partial charge in [0.1, 0.15) is 6.10 Å². The maximum absolute atomic E-state index is 13.0. The van der Waals surface area contributed by atoms with Crippen LogP contribution in [0.5, 0.6) is 0 Å². The van der Waals surface area contributed by atoms with Gasteiger partial charge in [0.2, 0.25) is 0 Å². The van der Waals surface area contributed by atoms with Gasteiger partial charge in [-0.25, -0.2) is 14.4 Å². The molecule has 0 aliphatic carbocycles. The fourth-order valence-electron chi connectivity index (χ4n) is 3.89. The van der Waals surface area contributed by atoms with Gasteiger partial charge < -0.3 is 28.8 Å². The Kier molecular flexibility index (Phi) is 8.63. The summed E-state index contributed by atoms with van der Waals surface area (Å²) in [5, 5.41) is 10.8. The van der Waals surface area contributed by atoms with Crippen molar-refractivity contribution in [3.05, 3.63) is 108 Å². The van der Waals surface area contributed by atoms with E-state index in [-0.39, 0.29) is 23.3 Å². The Bertz CT molecular complexity index is 1180. The van der Waals surface area contributed by atoms with E-state index in [2.05, 4.69) is 0 Å². The summed E-state index contributed by atoms with van der Waals surface area (Å²) < 4.78 is 27.9. The average molecular weight is 507 g/mol. The van der Waals surface area contributed by atoms with Crippen LogP contribution in [0.15, 0.2) is 91.0 Å². The van der Waals surface area contributed by atoms with E-state index in [1.165, 1.54) is 19.2 Å². The minimum absolute atomic E-state index is 0.109. The molecular weight excluding hydrogens is 480 g/mol. The number of aliphatic hydroxyl groups is 1. The third-order valence-corrected chi connectivity index (χ3v) is 5.70. The number of hydrogen-bond donors (Lipinski definition) is 1. The molecule has 9 heteroatoms. The predicted octanol–water partition coefficient (Wildman–Crippen LogP) is 3.03. The van der Waals surface area contributed by atoms with E-state index < -0.39 is 48.6 Å². The van der Waals surface area contributed by atoms with E-state index in [1.54, 1.807) is 78.9 Å². The van der Waals surface area contributed by atoms with E-state index in [0.717, 1.165) is 0 Å². The standard InChI is InChI=1S/C28H26O9/c1-33-17-21-22(35-25(29)18-11-5-2-6-12-18)23(36-26(30)19-13-7-3-8-14-19)24(28(32)34-21)37-27(31)20-15-9-4-10-16-20/h2-16,21-24,28,32H,17H2,1H3. The van der Waals surface area contributed by atoms with Crippen LogP contribution < -0.4 is 0 Å². The molecule has 37 heavy (non-hydrogen) atoms. The second kappa shape index (κ2) is 12.3. The van der Waals surface area contributed by atoms with Crippen molar-refractivity contribution in [2.75, 3.05) is 13.7 Å². The lowest BCUT2D eigenvalue weighted by Crippen LogP contribution is -2.62. The van der Waals surface area contributed by atoms with Crippen LogP contribution in [0.25, 0.3) is 0 Å². The zero-order valence-corrected chi connectivity index (χ0v) is 20.0. The number of methoxy groups -OCH3 is 1. The topological polar surface area (TPSA) is 118 Å². The number of carbonyl (C=O) groups is 3. The summed E-state index contributed by atoms with van der Waals surface area (Å²) in [6, 6.07) is 24.4. The zero-order valence-electron chi connectivity index (χ0n) is 20.0. The van der Waals surface area contributed by atoms with Gasteiger partial charge in [-0.15, -0.1) is 0 Å². The summed E-state index contributed by atoms with van der Waals surface area (Å²) in [5.41, 5.74) is 0.670. The van der Waals surface area contributed by atoms with Gasteiger partial charge in [-0.3, -0.25) is 0 Å². The zero-order chi connectivity index (χ0) is 26.2. The SMILES string of the molecule is COCC1OC(O)C(OC(=O)c2ccccc2)C(OC(=O)c2ccccc2)C1OC(=O)c1ccccc1. The Morgan fingerprint density at radius 2 is 1.03 bits per heavy atom. The smallest absolute Gasteiger partial charge is 0.338 e. The van der Waals surface area contributed by atoms with E-state index in [0.29, 0.717) is 0 Å². The molecule has 4 rings (SSSR count). The van der Waals surface area contributed by atoms with Crippen LogP contribution in [0, 0.1) is 0 Å². The second-order valence-electron chi connectivity index (χ2n) is 8.23. The van der Waals surface area contributed by atoms with Gasteiger partial charge >= 0.3 is 17.9 Å². The van der Waals surface area contributed by atoms with Crippen molar-refractivity contribution in [1.29, 1.82) is 0 Å². The van der Waals surface area contributed by atoms with Gasteiger partial charge in [0, 0.05) is 7.11 Å². The summed E-state index contributed by atoms with van der Waals surface area (Å²) >= 11 is 0. The molecule has 0 saturated carbocycles. The van der Waals surface area contributed by atoms with Crippen molar-refractivity contribution in [2.45, 2.75) is 30.7 Å². The third-order valence-electron chi connectivity index (χ3n) is 5.70. The maximum Gasteiger partial charge on any atom is 0.338 e. The molecular formula is C28H26O9. The van der Waals surface area contributed by atoms with Crippen molar-refractivity contribution >= 4 is 17.9 Å². The molecule has 192 valence electrons. The lowest BCUT2D eigenvalue weighted by Gasteiger charge is -2.42. The fourth-order valence-corrected chi connectivity index (χ4v) is 3.89. The predicted molar refractivity (Wildman–Crippen MR) is 130 cm³/mol. The molecule has 0 radical (unpaired) electrons. The van der Waals surface area contributed by atoms with Crippen molar-refractivity contribution in [3.63, 3.8) is 0 Å². The first-order valence-electron chi connectivity index (χ1n) is 11.6. The Morgan fingerprint density at radius 1 is 0.649 bits per heavy atom. The second-order valence-corrected chi connectivity index (χ2v) is 8.23. The molecule has 1 aliphatic heterocycles. The molecule has 1 heterocycles. The van der Waals surface area contributed by atoms with Crippen molar-refractivity contribution < 1.29 is 43.2 Å². The molecule has 3 aromatic carbocycles. The van der Waals surface area contributed by atoms with E-state index >= 15 is 0 Å². The van der Waals surface area contributed by atoms with Crippen LogP contribution in [0.1, 0.15) is 31.1 Å². The average Bonchev–Trinajstić information content (AvgIpc) is 2.94. The lowest BCUT2D eigenvalue weighted by atomic mass is 9.98. The largest absolute Gasteiger partial charge is 0.452 e. The van der Waals surface area contributed by atoms with Crippen LogP contribution in [0.3, 0.4) is 0 Å². The van der Waals surface area contributed by atoms with E-state index in [4.69, 9.17) is 23.7 Å². The highest BCUT2D eigenvalue weighted by Crippen LogP contribution is 2.30. The summed E-state index contributed by atoms with van der Waals surface area (Å²) in [4.78, 5) is 38.9. The minimum Gasteiger partial charge on any atom is -0.452 e. The molecule has 1 fully saturated rings. The number of ether oxygens (including phenoxy) is 5. The molecule has 0 bridgehead atoms. The summed E-state index contributed by atoms with van der Waals surface area (Å²) in [6.45, 7) is -0.109. The number of esters is 3. The van der Waals surface area contributed by atoms with Crippen LogP contribution in [0.4, 0.5) is 0 Å². The van der Waals surface area contributed by atoms with Gasteiger partial charge in [-0.1, -0.05) is 54.6 Å². The van der Waals surface area contributed by atoms with Gasteiger partial charge in [0.25, 0.3) is 0 Å². The quantitative estimate of drug-likeness (QED) is 0.363. The summed E-state index contributed by atoms with van der Waals surface area (Å²) in [6.07, 6.45) is -6.95. The third kappa shape index (κ3) is 6.39. The van der Waals surface area contributed by atoms with Gasteiger partial charge in [0.05, 0.1) is 23.3 Å². The highest BCUT2D eigenvalue weighted by molar-refractivity contribution is 5.91. The first-order valence-corrected chi connectivity index (χ1v) is 11.6. The Hall–Kier alpha value is -4.05. The Balaban J connectivity index is 1.67. The van der Waals surface area contributed by atoms with Gasteiger partial charge in [-0.2, -0.15) is 0 Å². The maximum atomic E-state index is 13.0.